The second kappa shape index (κ2) is 6.06. The number of benzene rings is 1. The van der Waals surface area contributed by atoms with Crippen LogP contribution in [0.2, 0.25) is 0 Å². The third kappa shape index (κ3) is 3.18. The van der Waals surface area contributed by atoms with E-state index in [4.69, 9.17) is 0 Å². The second-order valence-electron chi connectivity index (χ2n) is 6.26. The van der Waals surface area contributed by atoms with E-state index < -0.39 is 0 Å². The molecule has 2 saturated heterocycles. The summed E-state index contributed by atoms with van der Waals surface area (Å²) in [4.78, 5) is 5.42. The lowest BCUT2D eigenvalue weighted by molar-refractivity contribution is 0.214. The van der Waals surface area contributed by atoms with Crippen LogP contribution in [0, 0.1) is 0 Å². The van der Waals surface area contributed by atoms with Crippen LogP contribution in [0.5, 0.6) is 0 Å². The normalized spacial score (nSPS) is 26.9. The van der Waals surface area contributed by atoms with Gasteiger partial charge in [-0.15, -0.1) is 0 Å². The monoisotopic (exact) mass is 258 g/mol. The Kier molecular flexibility index (Phi) is 4.19. The molecule has 2 heteroatoms. The highest BCUT2D eigenvalue weighted by atomic mass is 15.3. The maximum absolute atomic E-state index is 2.72. The molecular formula is C17H26N2. The summed E-state index contributed by atoms with van der Waals surface area (Å²) in [5.41, 5.74) is 1.48. The molecule has 104 valence electrons. The number of rotatable bonds is 3. The maximum Gasteiger partial charge on any atom is 0.0223 e. The molecule has 2 heterocycles. The van der Waals surface area contributed by atoms with Crippen molar-refractivity contribution in [2.45, 2.75) is 38.1 Å². The van der Waals surface area contributed by atoms with Gasteiger partial charge in [0.05, 0.1) is 0 Å². The van der Waals surface area contributed by atoms with Crippen molar-refractivity contribution in [3.8, 4) is 0 Å². The molecule has 3 rings (SSSR count). The molecule has 2 aliphatic rings. The number of hydrogen-bond donors (Lipinski definition) is 0. The predicted molar refractivity (Wildman–Crippen MR) is 80.5 cm³/mol. The summed E-state index contributed by atoms with van der Waals surface area (Å²) in [5, 5.41) is 0. The first-order chi connectivity index (χ1) is 9.33. The molecule has 1 aromatic rings. The summed E-state index contributed by atoms with van der Waals surface area (Å²) in [7, 11) is 0. The molecule has 0 N–H and O–H groups in total. The van der Waals surface area contributed by atoms with E-state index >= 15 is 0 Å². The van der Waals surface area contributed by atoms with Crippen molar-refractivity contribution < 1.29 is 0 Å². The minimum absolute atomic E-state index is 0.647. The number of fused-ring (bicyclic) bond motifs is 1. The highest BCUT2D eigenvalue weighted by molar-refractivity contribution is 5.19. The van der Waals surface area contributed by atoms with Crippen molar-refractivity contribution in [2.24, 2.45) is 0 Å². The Bertz CT molecular complexity index is 390. The zero-order chi connectivity index (χ0) is 13.1. The van der Waals surface area contributed by atoms with Crippen molar-refractivity contribution >= 4 is 0 Å². The van der Waals surface area contributed by atoms with E-state index in [0.29, 0.717) is 5.92 Å². The predicted octanol–water partition coefficient (Wildman–Crippen LogP) is 2.96. The number of nitrogens with zero attached hydrogens (tertiary/aromatic N) is 2. The van der Waals surface area contributed by atoms with Gasteiger partial charge >= 0.3 is 0 Å². The van der Waals surface area contributed by atoms with Gasteiger partial charge in [-0.2, -0.15) is 0 Å². The fourth-order valence-corrected chi connectivity index (χ4v) is 3.72. The van der Waals surface area contributed by atoms with Crippen LogP contribution in [0.1, 0.15) is 37.7 Å². The van der Waals surface area contributed by atoms with Crippen molar-refractivity contribution in [3.05, 3.63) is 35.9 Å². The summed E-state index contributed by atoms with van der Waals surface area (Å²) in [5.74, 6) is 0.647. The molecule has 0 radical (unpaired) electrons. The van der Waals surface area contributed by atoms with Gasteiger partial charge in [-0.05, 0) is 50.4 Å². The molecule has 0 aromatic heterocycles. The largest absolute Gasteiger partial charge is 0.301 e. The van der Waals surface area contributed by atoms with Gasteiger partial charge in [0, 0.05) is 19.1 Å². The first kappa shape index (κ1) is 13.1. The first-order valence-electron chi connectivity index (χ1n) is 7.84. The lowest BCUT2D eigenvalue weighted by atomic mass is 10.0. The molecule has 2 aliphatic heterocycles. The smallest absolute Gasteiger partial charge is 0.0223 e. The SMILES string of the molecule is C[C@H](CN1CCCN2CCC[C@@H]2C1)c1ccccc1. The number of hydrogen-bond acceptors (Lipinski definition) is 2. The summed E-state index contributed by atoms with van der Waals surface area (Å²) >= 11 is 0. The molecule has 0 unspecified atom stereocenters. The zero-order valence-electron chi connectivity index (χ0n) is 12.1. The standard InChI is InChI=1S/C17H26N2/c1-15(16-7-3-2-4-8-16)13-18-10-6-12-19-11-5-9-17(19)14-18/h2-4,7-8,15,17H,5-6,9-14H2,1H3/t15-,17-/m1/s1. The van der Waals surface area contributed by atoms with Crippen LogP contribution in [0.15, 0.2) is 30.3 Å². The Morgan fingerprint density at radius 3 is 2.74 bits per heavy atom. The van der Waals surface area contributed by atoms with E-state index in [2.05, 4.69) is 47.1 Å². The first-order valence-corrected chi connectivity index (χ1v) is 7.84. The molecule has 2 fully saturated rings. The van der Waals surface area contributed by atoms with Gasteiger partial charge in [0.25, 0.3) is 0 Å². The third-order valence-electron chi connectivity index (χ3n) is 4.79. The minimum Gasteiger partial charge on any atom is -0.301 e. The van der Waals surface area contributed by atoms with E-state index in [9.17, 15) is 0 Å². The minimum atomic E-state index is 0.647. The molecule has 0 saturated carbocycles. The van der Waals surface area contributed by atoms with Crippen molar-refractivity contribution in [1.29, 1.82) is 0 Å². The van der Waals surface area contributed by atoms with Crippen LogP contribution >= 0.6 is 0 Å². The van der Waals surface area contributed by atoms with E-state index in [-0.39, 0.29) is 0 Å². The fraction of sp³-hybridized carbons (Fsp3) is 0.647. The second-order valence-corrected chi connectivity index (χ2v) is 6.26. The molecule has 19 heavy (non-hydrogen) atoms. The van der Waals surface area contributed by atoms with Gasteiger partial charge in [0.2, 0.25) is 0 Å². The van der Waals surface area contributed by atoms with Crippen LogP contribution in [-0.2, 0) is 0 Å². The van der Waals surface area contributed by atoms with E-state index in [1.165, 1.54) is 57.5 Å². The van der Waals surface area contributed by atoms with Crippen molar-refractivity contribution in [3.63, 3.8) is 0 Å². The molecule has 0 aliphatic carbocycles. The van der Waals surface area contributed by atoms with Gasteiger partial charge in [0.15, 0.2) is 0 Å². The zero-order valence-corrected chi connectivity index (χ0v) is 12.1. The topological polar surface area (TPSA) is 6.48 Å². The van der Waals surface area contributed by atoms with Crippen LogP contribution in [0.4, 0.5) is 0 Å². The molecule has 0 bridgehead atoms. The highest BCUT2D eigenvalue weighted by Gasteiger charge is 2.29. The quantitative estimate of drug-likeness (QED) is 0.822. The molecule has 2 nitrogen and oxygen atoms in total. The van der Waals surface area contributed by atoms with Crippen LogP contribution in [-0.4, -0.2) is 48.6 Å². The summed E-state index contributed by atoms with van der Waals surface area (Å²) in [6, 6.07) is 11.8. The van der Waals surface area contributed by atoms with Gasteiger partial charge in [-0.1, -0.05) is 37.3 Å². The Balaban J connectivity index is 1.60. The fourth-order valence-electron chi connectivity index (χ4n) is 3.72. The average Bonchev–Trinajstić information content (AvgIpc) is 2.79. The molecular weight excluding hydrogens is 232 g/mol. The Labute approximate surface area is 117 Å². The van der Waals surface area contributed by atoms with Gasteiger partial charge in [-0.25, -0.2) is 0 Å². The maximum atomic E-state index is 2.72. The molecule has 1 aromatic carbocycles. The van der Waals surface area contributed by atoms with E-state index in [1.54, 1.807) is 0 Å². The van der Waals surface area contributed by atoms with Crippen LogP contribution in [0.25, 0.3) is 0 Å². The van der Waals surface area contributed by atoms with Crippen LogP contribution < -0.4 is 0 Å². The van der Waals surface area contributed by atoms with E-state index in [0.717, 1.165) is 6.04 Å². The Hall–Kier alpha value is -0.860. The van der Waals surface area contributed by atoms with E-state index in [1.807, 2.05) is 0 Å². The average molecular weight is 258 g/mol. The van der Waals surface area contributed by atoms with Crippen LogP contribution in [0.3, 0.4) is 0 Å². The van der Waals surface area contributed by atoms with Gasteiger partial charge in [0.1, 0.15) is 0 Å². The van der Waals surface area contributed by atoms with Crippen molar-refractivity contribution in [1.82, 2.24) is 9.80 Å². The summed E-state index contributed by atoms with van der Waals surface area (Å²) in [6.07, 6.45) is 4.17. The third-order valence-corrected chi connectivity index (χ3v) is 4.79. The van der Waals surface area contributed by atoms with Gasteiger partial charge < -0.3 is 4.90 Å². The lowest BCUT2D eigenvalue weighted by Gasteiger charge is -2.27. The molecule has 0 amide bonds. The van der Waals surface area contributed by atoms with Gasteiger partial charge in [-0.3, -0.25) is 4.90 Å². The Morgan fingerprint density at radius 2 is 1.89 bits per heavy atom. The highest BCUT2D eigenvalue weighted by Crippen LogP contribution is 2.23. The molecule has 0 spiro atoms. The Morgan fingerprint density at radius 1 is 1.11 bits per heavy atom. The summed E-state index contributed by atoms with van der Waals surface area (Å²) in [6.45, 7) is 8.82. The lowest BCUT2D eigenvalue weighted by Crippen LogP contribution is -2.38. The molecule has 2 atom stereocenters. The summed E-state index contributed by atoms with van der Waals surface area (Å²) < 4.78 is 0. The van der Waals surface area contributed by atoms with Crippen molar-refractivity contribution in [2.75, 3.05) is 32.7 Å².